The first-order valence-corrected chi connectivity index (χ1v) is 10.8. The topological polar surface area (TPSA) is 144 Å². The Kier molecular flexibility index (Phi) is 8.62. The largest absolute Gasteiger partial charge is 0.493 e. The van der Waals surface area contributed by atoms with E-state index in [1.54, 1.807) is 0 Å². The van der Waals surface area contributed by atoms with Crippen LogP contribution in [0.2, 0.25) is 0 Å². The maximum atomic E-state index is 14.9. The smallest absolute Gasteiger partial charge is 0.491 e. The fraction of sp³-hybridized carbons (Fsp3) is 0.167. The van der Waals surface area contributed by atoms with Crippen LogP contribution < -0.4 is 21.8 Å². The van der Waals surface area contributed by atoms with Gasteiger partial charge in [-0.3, -0.25) is 14.2 Å². The summed E-state index contributed by atoms with van der Waals surface area (Å²) in [5.74, 6) is -12.0. The quantitative estimate of drug-likeness (QED) is 0.181. The third-order valence-corrected chi connectivity index (χ3v) is 5.19. The van der Waals surface area contributed by atoms with E-state index in [-0.39, 0.29) is 0 Å². The van der Waals surface area contributed by atoms with Gasteiger partial charge in [-0.05, 0) is 18.2 Å². The molecule has 3 aromatic rings. The summed E-state index contributed by atoms with van der Waals surface area (Å²) in [6.07, 6.45) is -5.97. The van der Waals surface area contributed by atoms with Crippen molar-refractivity contribution < 1.29 is 54.6 Å². The zero-order valence-electron chi connectivity index (χ0n) is 19.7. The van der Waals surface area contributed by atoms with Crippen molar-refractivity contribution in [1.29, 1.82) is 0 Å². The van der Waals surface area contributed by atoms with Crippen molar-refractivity contribution in [2.75, 3.05) is 12.3 Å². The van der Waals surface area contributed by atoms with Crippen LogP contribution in [0, 0.1) is 23.3 Å². The van der Waals surface area contributed by atoms with Gasteiger partial charge in [0.1, 0.15) is 34.9 Å². The molecule has 3 rings (SSSR count). The van der Waals surface area contributed by atoms with Gasteiger partial charge in [0, 0.05) is 30.7 Å². The van der Waals surface area contributed by atoms with Crippen molar-refractivity contribution in [3.63, 3.8) is 0 Å². The predicted octanol–water partition coefficient (Wildman–Crippen LogP) is 2.94. The highest BCUT2D eigenvalue weighted by atomic mass is 19.4. The van der Waals surface area contributed by atoms with Crippen LogP contribution in [0.1, 0.15) is 22.3 Å². The number of carbonyl (C=O) groups is 3. The van der Waals surface area contributed by atoms with Gasteiger partial charge in [0.05, 0.1) is 17.7 Å². The number of carbonyl (C=O) groups excluding carboxylic acids is 3. The van der Waals surface area contributed by atoms with Crippen molar-refractivity contribution in [3.05, 3.63) is 87.2 Å². The number of nitrogens with two attached hydrogens (primary N) is 2. The number of alkyl halides is 3. The molecule has 0 unspecified atom stereocenters. The highest BCUT2D eigenvalue weighted by Gasteiger charge is 2.43. The monoisotopic (exact) mass is 575 g/mol. The second-order valence-corrected chi connectivity index (χ2v) is 7.94. The molecule has 0 radical (unpaired) electrons. The first kappa shape index (κ1) is 29.8. The van der Waals surface area contributed by atoms with Crippen LogP contribution in [0.3, 0.4) is 0 Å². The number of hydrogen-bond donors (Lipinski definition) is 2. The van der Waals surface area contributed by atoms with Gasteiger partial charge in [-0.2, -0.15) is 13.2 Å². The Bertz CT molecular complexity index is 1530. The Morgan fingerprint density at radius 3 is 2.08 bits per heavy atom. The number of rotatable bonds is 8. The summed E-state index contributed by atoms with van der Waals surface area (Å²) in [7, 11) is 0. The molecule has 0 spiro atoms. The summed E-state index contributed by atoms with van der Waals surface area (Å²) in [6.45, 7) is -0.579. The number of ether oxygens (including phenoxy) is 2. The van der Waals surface area contributed by atoms with Crippen LogP contribution in [0.5, 0.6) is 5.75 Å². The second kappa shape index (κ2) is 11.6. The zero-order valence-corrected chi connectivity index (χ0v) is 19.7. The molecule has 40 heavy (non-hydrogen) atoms. The molecule has 0 aliphatic carbocycles. The number of pyridine rings is 1. The van der Waals surface area contributed by atoms with Crippen LogP contribution in [-0.4, -0.2) is 41.1 Å². The number of hydrogen-bond acceptors (Lipinski definition) is 8. The van der Waals surface area contributed by atoms with E-state index in [1.807, 2.05) is 0 Å². The van der Waals surface area contributed by atoms with Crippen LogP contribution in [0.4, 0.5) is 36.6 Å². The zero-order chi connectivity index (χ0) is 29.9. The molecule has 1 aromatic heterocycles. The molecule has 16 heteroatoms. The summed E-state index contributed by atoms with van der Waals surface area (Å²) in [6, 6.07) is 3.06. The Labute approximate surface area is 218 Å². The van der Waals surface area contributed by atoms with Gasteiger partial charge in [0.25, 0.3) is 5.56 Å². The van der Waals surface area contributed by atoms with Gasteiger partial charge < -0.3 is 20.9 Å². The van der Waals surface area contributed by atoms with E-state index in [9.17, 15) is 49.9 Å². The van der Waals surface area contributed by atoms with Gasteiger partial charge >= 0.3 is 18.1 Å². The number of halogens is 7. The number of esters is 2. The van der Waals surface area contributed by atoms with E-state index in [0.29, 0.717) is 22.8 Å². The molecule has 9 nitrogen and oxygen atoms in total. The van der Waals surface area contributed by atoms with Gasteiger partial charge in [0.2, 0.25) is 0 Å². The number of nitrogens with zero attached hydrogens (tertiary/aromatic N) is 1. The number of nitrogen functional groups attached to an aromatic ring is 1. The fourth-order valence-electron chi connectivity index (χ4n) is 3.28. The first-order chi connectivity index (χ1) is 18.6. The molecule has 0 aliphatic heterocycles. The van der Waals surface area contributed by atoms with Crippen molar-refractivity contribution in [2.45, 2.75) is 18.6 Å². The van der Waals surface area contributed by atoms with Crippen molar-refractivity contribution in [3.8, 4) is 11.4 Å². The lowest BCUT2D eigenvalue weighted by Crippen LogP contribution is -2.38. The Hall–Kier alpha value is -4.73. The Morgan fingerprint density at radius 2 is 1.50 bits per heavy atom. The van der Waals surface area contributed by atoms with Crippen LogP contribution >= 0.6 is 0 Å². The number of benzene rings is 2. The molecule has 1 heterocycles. The van der Waals surface area contributed by atoms with E-state index < -0.39 is 100 Å². The van der Waals surface area contributed by atoms with Gasteiger partial charge in [0.15, 0.2) is 17.4 Å². The van der Waals surface area contributed by atoms with E-state index in [2.05, 4.69) is 4.74 Å². The molecular weight excluding hydrogens is 559 g/mol. The molecule has 0 saturated carbocycles. The first-order valence-electron chi connectivity index (χ1n) is 10.8. The van der Waals surface area contributed by atoms with E-state index in [4.69, 9.17) is 16.2 Å². The molecule has 4 N–H and O–H groups in total. The molecule has 0 bridgehead atoms. The lowest BCUT2D eigenvalue weighted by Gasteiger charge is -2.16. The fourth-order valence-corrected chi connectivity index (χ4v) is 3.28. The van der Waals surface area contributed by atoms with Gasteiger partial charge in [-0.15, -0.1) is 0 Å². The predicted molar refractivity (Wildman–Crippen MR) is 121 cm³/mol. The van der Waals surface area contributed by atoms with E-state index in [0.717, 1.165) is 24.3 Å². The average molecular weight is 575 g/mol. The van der Waals surface area contributed by atoms with E-state index in [1.165, 1.54) is 0 Å². The molecule has 212 valence electrons. The van der Waals surface area contributed by atoms with Gasteiger partial charge in [-0.1, -0.05) is 0 Å². The lowest BCUT2D eigenvalue weighted by molar-refractivity contribution is -0.202. The standard InChI is InChI=1S/C24H16F7N3O6/c25-10-1-2-12(14(26)7-10)20(36)13-3-4-18(35)34(21(13)33)19-15(27)8-11(9-16(19)28)39-6-5-17(32)22(37)40-23(38)24(29,30)31/h1-4,7-9,17H,5-6,32-33H2/t17-/m0/s1. The number of ketones is 1. The molecule has 0 saturated heterocycles. The maximum absolute atomic E-state index is 14.9. The molecule has 2 aromatic carbocycles. The lowest BCUT2D eigenvalue weighted by atomic mass is 10.0. The highest BCUT2D eigenvalue weighted by molar-refractivity contribution is 6.11. The SMILES string of the molecule is Nc1c(C(=O)c2ccc(F)cc2F)ccc(=O)n1-c1c(F)cc(OCC[C@H](N)C(=O)OC(=O)C(F)(F)F)cc1F. The minimum atomic E-state index is -5.43. The average Bonchev–Trinajstić information content (AvgIpc) is 2.84. The third-order valence-electron chi connectivity index (χ3n) is 5.19. The second-order valence-electron chi connectivity index (χ2n) is 7.94. The summed E-state index contributed by atoms with van der Waals surface area (Å²) in [4.78, 5) is 47.3. The maximum Gasteiger partial charge on any atom is 0.491 e. The van der Waals surface area contributed by atoms with Crippen LogP contribution in [0.25, 0.3) is 5.69 Å². The molecule has 0 amide bonds. The molecule has 0 aliphatic rings. The molecule has 0 fully saturated rings. The minimum absolute atomic E-state index is 0.298. The summed E-state index contributed by atoms with van der Waals surface area (Å²) >= 11 is 0. The van der Waals surface area contributed by atoms with E-state index >= 15 is 0 Å². The summed E-state index contributed by atoms with van der Waals surface area (Å²) in [5, 5.41) is 0. The van der Waals surface area contributed by atoms with Crippen LogP contribution in [-0.2, 0) is 14.3 Å². The van der Waals surface area contributed by atoms with Crippen molar-refractivity contribution in [1.82, 2.24) is 4.57 Å². The third kappa shape index (κ3) is 6.45. The normalized spacial score (nSPS) is 12.1. The summed E-state index contributed by atoms with van der Waals surface area (Å²) in [5.41, 5.74) is 7.87. The van der Waals surface area contributed by atoms with Gasteiger partial charge in [-0.25, -0.2) is 27.2 Å². The summed E-state index contributed by atoms with van der Waals surface area (Å²) < 4.78 is 103. The molecular formula is C24H16F7N3O6. The minimum Gasteiger partial charge on any atom is -0.493 e. The Morgan fingerprint density at radius 1 is 0.900 bits per heavy atom. The van der Waals surface area contributed by atoms with Crippen LogP contribution in [0.15, 0.2) is 47.3 Å². The highest BCUT2D eigenvalue weighted by Crippen LogP contribution is 2.27. The van der Waals surface area contributed by atoms with Crippen molar-refractivity contribution in [2.24, 2.45) is 5.73 Å². The van der Waals surface area contributed by atoms with Crippen molar-refractivity contribution >= 4 is 23.5 Å². The molecule has 1 atom stereocenters. The number of aromatic nitrogens is 1. The number of anilines is 1. The Balaban J connectivity index is 1.82.